The van der Waals surface area contributed by atoms with E-state index in [1.807, 2.05) is 0 Å². The first kappa shape index (κ1) is 62.0. The van der Waals surface area contributed by atoms with E-state index in [2.05, 4.69) is 76.8 Å². The van der Waals surface area contributed by atoms with E-state index in [9.17, 15) is 25.5 Å². The molecule has 0 aromatic rings. The molecule has 0 aliphatic rings. The summed E-state index contributed by atoms with van der Waals surface area (Å²) in [6.45, 7) is 41.8. The Kier molecular flexibility index (Phi) is 50.7. The quantitative estimate of drug-likeness (QED) is 0.269. The zero-order valence-corrected chi connectivity index (χ0v) is 40.3. The van der Waals surface area contributed by atoms with E-state index in [0.717, 1.165) is 0 Å². The van der Waals surface area contributed by atoms with Crippen LogP contribution in [0.2, 0.25) is 58.9 Å². The molecule has 0 saturated heterocycles. The Morgan fingerprint density at radius 1 is 0.488 bits per heavy atom. The normalized spacial score (nSPS) is 11.9. The van der Waals surface area contributed by atoms with E-state index < -0.39 is 63.7 Å². The predicted octanol–water partition coefficient (Wildman–Crippen LogP) is 4.59. The van der Waals surface area contributed by atoms with Crippen molar-refractivity contribution in [2.24, 2.45) is 0 Å². The van der Waals surface area contributed by atoms with Gasteiger partial charge in [-0.25, -0.2) is 0 Å². The molecule has 258 valence electrons. The second kappa shape index (κ2) is 33.5. The van der Waals surface area contributed by atoms with Crippen molar-refractivity contribution in [3.05, 3.63) is 4.75 Å². The third-order valence-corrected chi connectivity index (χ3v) is 17.4. The molecule has 0 radical (unpaired) electrons. The van der Waals surface area contributed by atoms with Crippen molar-refractivity contribution in [2.75, 3.05) is 0 Å². The molecule has 0 N–H and O–H groups in total. The van der Waals surface area contributed by atoms with Gasteiger partial charge in [0.1, 0.15) is 16.5 Å². The Morgan fingerprint density at radius 3 is 0.756 bits per heavy atom. The summed E-state index contributed by atoms with van der Waals surface area (Å²) in [5, 5.41) is 47.6. The molecule has 0 aromatic heterocycles. The molecule has 14 heteroatoms. The van der Waals surface area contributed by atoms with E-state index in [-0.39, 0.29) is 48.2 Å². The van der Waals surface area contributed by atoms with E-state index in [1.54, 1.807) is 69.2 Å². The minimum atomic E-state index is -1.48. The van der Waals surface area contributed by atoms with Crippen LogP contribution in [0.5, 0.6) is 0 Å². The molecular formula is C27H69N2O6PSi3W2-6. The largest absolute Gasteiger partial charge is 0.852 e. The van der Waals surface area contributed by atoms with Crippen LogP contribution in [0, 0.1) is 0 Å². The molecule has 0 aliphatic heterocycles. The summed E-state index contributed by atoms with van der Waals surface area (Å²) in [7, 11) is -5.11. The third kappa shape index (κ3) is 92.2. The maximum atomic E-state index is 9.53. The molecule has 0 fully saturated rings. The molecule has 0 bridgehead atoms. The molecule has 0 heterocycles. The average Bonchev–Trinajstić information content (AvgIpc) is 2.45. The monoisotopic (exact) mass is 1000 g/mol. The van der Waals surface area contributed by atoms with E-state index in [0.29, 0.717) is 0 Å². The first-order valence-electron chi connectivity index (χ1n) is 14.1. The summed E-state index contributed by atoms with van der Waals surface area (Å²) in [5.41, 5.74) is 0. The second-order valence-electron chi connectivity index (χ2n) is 13.6. The summed E-state index contributed by atoms with van der Waals surface area (Å²) < 4.78 is 14.2. The van der Waals surface area contributed by atoms with Gasteiger partial charge >= 0.3 is 0 Å². The maximum absolute atomic E-state index is 9.53. The van der Waals surface area contributed by atoms with Crippen molar-refractivity contribution in [2.45, 2.75) is 179 Å². The van der Waals surface area contributed by atoms with E-state index in [4.69, 9.17) is 9.28 Å². The van der Waals surface area contributed by atoms with Crippen LogP contribution >= 0.6 is 8.45 Å². The number of hydrogen-bond acceptors (Lipinski definition) is 7. The van der Waals surface area contributed by atoms with Crippen molar-refractivity contribution < 1.29 is 72.2 Å². The van der Waals surface area contributed by atoms with Gasteiger partial charge in [0, 0.05) is 42.1 Å². The van der Waals surface area contributed by atoms with Crippen molar-refractivity contribution >= 4 is 33.2 Å². The standard InChI is InChI=1S/C12H34N2OPSi3.5C3H7O.2W/c1-12(2)15-16(13-17(3,4)5)14(18(6,7)8)19(9,10)11;5*1-3(2)4;;/h12H,1-11H3;5*3H,1-2H3;;/q6*-1;;/t16-;;;;;;;/m0......./s1. The fourth-order valence-corrected chi connectivity index (χ4v) is 18.4. The van der Waals surface area contributed by atoms with Gasteiger partial charge in [-0.1, -0.05) is 136 Å². The van der Waals surface area contributed by atoms with Crippen molar-refractivity contribution in [3.8, 4) is 0 Å². The van der Waals surface area contributed by atoms with Crippen LogP contribution in [-0.4, -0.2) is 65.3 Å². The van der Waals surface area contributed by atoms with Crippen molar-refractivity contribution in [3.63, 3.8) is 0 Å². The number of hydrogen-bond donors (Lipinski definition) is 0. The Bertz CT molecular complexity index is 444. The molecule has 0 aromatic carbocycles. The van der Waals surface area contributed by atoms with Gasteiger partial charge in [-0.05, 0) is 22.3 Å². The molecule has 0 spiro atoms. The first-order chi connectivity index (χ1) is 16.8. The predicted molar refractivity (Wildman–Crippen MR) is 174 cm³/mol. The molecule has 8 nitrogen and oxygen atoms in total. The molecule has 0 aliphatic carbocycles. The van der Waals surface area contributed by atoms with Gasteiger partial charge in [-0.15, -0.1) is 30.5 Å². The zero-order chi connectivity index (χ0) is 33.5. The van der Waals surface area contributed by atoms with Crippen LogP contribution in [0.15, 0.2) is 0 Å². The van der Waals surface area contributed by atoms with Gasteiger partial charge in [0.25, 0.3) is 0 Å². The summed E-state index contributed by atoms with van der Waals surface area (Å²) in [5.74, 6) is 0. The van der Waals surface area contributed by atoms with Gasteiger partial charge in [0.05, 0.1) is 6.10 Å². The van der Waals surface area contributed by atoms with Crippen LogP contribution in [0.25, 0.3) is 4.75 Å². The van der Waals surface area contributed by atoms with Crippen LogP contribution in [0.3, 0.4) is 0 Å². The van der Waals surface area contributed by atoms with Gasteiger partial charge in [-0.3, -0.25) is 0 Å². The summed E-state index contributed by atoms with van der Waals surface area (Å²) >= 11 is 0. The molecule has 0 unspecified atom stereocenters. The molecule has 0 saturated carbocycles. The average molecular weight is 1000 g/mol. The minimum Gasteiger partial charge on any atom is -0.852 e. The number of rotatable bonds is 7. The number of nitrogens with zero attached hydrogens (tertiary/aromatic N) is 2. The Labute approximate surface area is 291 Å². The SMILES string of the molecule is CC(C)O[P@@]([N-][Si](C)(C)C)N([Si](C)(C)C)[Si](C)(C)C.CC(C)[O-].CC(C)[O-].CC(C)[O-].CC(C)[O-].CC(C)[O-].[W].[W]. The van der Waals surface area contributed by atoms with E-state index in [1.165, 1.54) is 0 Å². The molecular weight excluding hydrogens is 931 g/mol. The summed E-state index contributed by atoms with van der Waals surface area (Å²) in [6, 6.07) is 0. The third-order valence-electron chi connectivity index (χ3n) is 2.13. The Morgan fingerprint density at radius 2 is 0.659 bits per heavy atom. The molecule has 41 heavy (non-hydrogen) atoms. The van der Waals surface area contributed by atoms with Crippen LogP contribution in [0.4, 0.5) is 0 Å². The molecule has 0 rings (SSSR count). The molecule has 1 atom stereocenters. The maximum Gasteiger partial charge on any atom is 0.116 e. The van der Waals surface area contributed by atoms with Gasteiger partial charge in [-0.2, -0.15) is 0 Å². The Balaban J connectivity index is -0.0000000673. The molecule has 0 amide bonds. The van der Waals surface area contributed by atoms with Crippen LogP contribution in [0.1, 0.15) is 83.1 Å². The fraction of sp³-hybridized carbons (Fsp3) is 1.00. The zero-order valence-electron chi connectivity index (χ0n) is 30.6. The second-order valence-corrected chi connectivity index (χ2v) is 30.6. The van der Waals surface area contributed by atoms with Gasteiger partial charge in [0.2, 0.25) is 0 Å². The van der Waals surface area contributed by atoms with Gasteiger partial charge < -0.3 is 38.8 Å². The van der Waals surface area contributed by atoms with E-state index >= 15 is 0 Å². The summed E-state index contributed by atoms with van der Waals surface area (Å²) in [6.07, 6.45) is -1.83. The first-order valence-corrected chi connectivity index (χ1v) is 25.6. The minimum absolute atomic E-state index is 0. The van der Waals surface area contributed by atoms with Crippen LogP contribution in [-0.2, 0) is 46.7 Å². The van der Waals surface area contributed by atoms with Crippen molar-refractivity contribution in [1.29, 1.82) is 0 Å². The topological polar surface area (TPSA) is 142 Å². The fourth-order valence-electron chi connectivity index (χ4n) is 2.08. The Hall–Kier alpha value is 2.14. The van der Waals surface area contributed by atoms with Gasteiger partial charge in [0.15, 0.2) is 0 Å². The smallest absolute Gasteiger partial charge is 0.116 e. The summed E-state index contributed by atoms with van der Waals surface area (Å²) in [4.78, 5) is 0. The van der Waals surface area contributed by atoms with Crippen LogP contribution < -0.4 is 25.5 Å². The van der Waals surface area contributed by atoms with Crippen molar-refractivity contribution in [1.82, 2.24) is 4.00 Å².